The third-order valence-electron chi connectivity index (χ3n) is 3.08. The predicted molar refractivity (Wildman–Crippen MR) is 78.3 cm³/mol. The summed E-state index contributed by atoms with van der Waals surface area (Å²) in [5, 5.41) is 0.782. The lowest BCUT2D eigenvalue weighted by atomic mass is 10.1. The van der Waals surface area contributed by atoms with Gasteiger partial charge in [0.15, 0.2) is 9.58 Å². The molecule has 0 aliphatic carbocycles. The van der Waals surface area contributed by atoms with Crippen LogP contribution in [0.2, 0.25) is 0 Å². The highest BCUT2D eigenvalue weighted by Gasteiger charge is 2.47. The molecule has 1 aromatic carbocycles. The van der Waals surface area contributed by atoms with Crippen LogP contribution in [-0.4, -0.2) is 0 Å². The second-order valence-electron chi connectivity index (χ2n) is 4.45. The SMILES string of the molecule is CCCCc1cc2c(C)cccc2[s+]1C(F)(F)F.Cl. The van der Waals surface area contributed by atoms with Gasteiger partial charge in [0.25, 0.3) is 0 Å². The minimum atomic E-state index is -4.15. The molecule has 1 heterocycles. The molecule has 2 aromatic rings. The van der Waals surface area contributed by atoms with Crippen molar-refractivity contribution in [3.63, 3.8) is 0 Å². The Morgan fingerprint density at radius 2 is 1.89 bits per heavy atom. The summed E-state index contributed by atoms with van der Waals surface area (Å²) in [7, 11) is -1.71. The van der Waals surface area contributed by atoms with E-state index in [9.17, 15) is 13.2 Å². The van der Waals surface area contributed by atoms with Crippen LogP contribution in [-0.2, 0) is 11.9 Å². The van der Waals surface area contributed by atoms with Crippen molar-refractivity contribution < 1.29 is 13.2 Å². The van der Waals surface area contributed by atoms with Crippen LogP contribution < -0.4 is 0 Å². The molecular weight excluding hydrogens is 293 g/mol. The maximum Gasteiger partial charge on any atom is 0.600 e. The third kappa shape index (κ3) is 3.23. The molecule has 0 N–H and O–H groups in total. The van der Waals surface area contributed by atoms with E-state index in [1.54, 1.807) is 18.2 Å². The largest absolute Gasteiger partial charge is 0.600 e. The zero-order chi connectivity index (χ0) is 13.3. The van der Waals surface area contributed by atoms with Gasteiger partial charge in [-0.1, -0.05) is 25.5 Å². The summed E-state index contributed by atoms with van der Waals surface area (Å²) in [4.78, 5) is 0.550. The van der Waals surface area contributed by atoms with Crippen LogP contribution in [0.1, 0.15) is 30.2 Å². The van der Waals surface area contributed by atoms with Crippen molar-refractivity contribution in [1.82, 2.24) is 0 Å². The molecule has 0 fully saturated rings. The van der Waals surface area contributed by atoms with Crippen LogP contribution in [0, 0.1) is 6.92 Å². The molecule has 1 unspecified atom stereocenters. The molecule has 106 valence electrons. The maximum absolute atomic E-state index is 13.2. The lowest BCUT2D eigenvalue weighted by Crippen LogP contribution is -1.98. The van der Waals surface area contributed by atoms with E-state index in [1.165, 1.54) is 0 Å². The van der Waals surface area contributed by atoms with Crippen LogP contribution in [0.3, 0.4) is 0 Å². The van der Waals surface area contributed by atoms with E-state index < -0.39 is 16.0 Å². The van der Waals surface area contributed by atoms with Gasteiger partial charge < -0.3 is 0 Å². The van der Waals surface area contributed by atoms with Gasteiger partial charge in [-0.25, -0.2) is 0 Å². The van der Waals surface area contributed by atoms with Gasteiger partial charge in [-0.05, 0) is 25.0 Å². The fourth-order valence-corrected chi connectivity index (χ4v) is 4.24. The Kier molecular flexibility index (Phi) is 5.27. The summed E-state index contributed by atoms with van der Waals surface area (Å²) in [6.45, 7) is 3.87. The number of unbranched alkanes of at least 4 members (excludes halogenated alkanes) is 1. The van der Waals surface area contributed by atoms with E-state index in [0.29, 0.717) is 16.0 Å². The van der Waals surface area contributed by atoms with Crippen molar-refractivity contribution in [3.05, 3.63) is 34.7 Å². The first-order chi connectivity index (χ1) is 8.45. The highest BCUT2D eigenvalue weighted by Crippen LogP contribution is 2.51. The smallest absolute Gasteiger partial charge is 0.147 e. The summed E-state index contributed by atoms with van der Waals surface area (Å²) in [6.07, 6.45) is 2.29. The minimum absolute atomic E-state index is 0. The van der Waals surface area contributed by atoms with Crippen LogP contribution in [0.15, 0.2) is 24.3 Å². The molecule has 2 rings (SSSR count). The number of benzene rings is 1. The number of rotatable bonds is 3. The Morgan fingerprint density at radius 1 is 1.21 bits per heavy atom. The first-order valence-corrected chi connectivity index (χ1v) is 7.29. The molecule has 19 heavy (non-hydrogen) atoms. The second kappa shape index (κ2) is 6.14. The third-order valence-corrected chi connectivity index (χ3v) is 5.18. The zero-order valence-electron chi connectivity index (χ0n) is 10.9. The van der Waals surface area contributed by atoms with E-state index in [0.717, 1.165) is 23.8 Å². The molecule has 0 bridgehead atoms. The Labute approximate surface area is 120 Å². The van der Waals surface area contributed by atoms with E-state index in [4.69, 9.17) is 0 Å². The lowest BCUT2D eigenvalue weighted by Gasteiger charge is -1.99. The molecule has 1 atom stereocenters. The monoisotopic (exact) mass is 309 g/mol. The van der Waals surface area contributed by atoms with E-state index in [1.807, 2.05) is 19.9 Å². The number of hydrogen-bond donors (Lipinski definition) is 0. The minimum Gasteiger partial charge on any atom is -0.147 e. The van der Waals surface area contributed by atoms with E-state index >= 15 is 0 Å². The van der Waals surface area contributed by atoms with Crippen LogP contribution in [0.5, 0.6) is 0 Å². The van der Waals surface area contributed by atoms with Crippen LogP contribution in [0.4, 0.5) is 13.2 Å². The van der Waals surface area contributed by atoms with Gasteiger partial charge in [0.05, 0.1) is 10.5 Å². The summed E-state index contributed by atoms with van der Waals surface area (Å²) in [6, 6.07) is 6.97. The van der Waals surface area contributed by atoms with Gasteiger partial charge in [-0.2, -0.15) is 0 Å². The highest BCUT2D eigenvalue weighted by molar-refractivity contribution is 7.38. The molecule has 0 nitrogen and oxygen atoms in total. The van der Waals surface area contributed by atoms with Crippen LogP contribution in [0.25, 0.3) is 10.1 Å². The van der Waals surface area contributed by atoms with Gasteiger partial charge in [0.1, 0.15) is 0 Å². The van der Waals surface area contributed by atoms with Gasteiger partial charge in [-0.15, -0.1) is 25.6 Å². The highest BCUT2D eigenvalue weighted by atomic mass is 35.5. The summed E-state index contributed by atoms with van der Waals surface area (Å²) < 4.78 is 40.1. The Morgan fingerprint density at radius 3 is 2.47 bits per heavy atom. The predicted octanol–water partition coefficient (Wildman–Crippen LogP) is 6.14. The van der Waals surface area contributed by atoms with E-state index in [2.05, 4.69) is 0 Å². The van der Waals surface area contributed by atoms with Crippen LogP contribution >= 0.6 is 22.9 Å². The molecule has 0 saturated carbocycles. The number of alkyl halides is 3. The van der Waals surface area contributed by atoms with Gasteiger partial charge >= 0.3 is 5.51 Å². The standard InChI is InChI=1S/C14H16F3S.ClH/c1-3-4-7-11-9-12-10(2)6-5-8-13(12)18(11)14(15,16)17;/h5-6,8-9H,3-4,7H2,1-2H3;1H/q+1;. The summed E-state index contributed by atoms with van der Waals surface area (Å²) in [5.74, 6) is 0. The molecule has 0 radical (unpaired) electrons. The number of aryl methyl sites for hydroxylation is 2. The fourth-order valence-electron chi connectivity index (χ4n) is 2.18. The van der Waals surface area contributed by atoms with Gasteiger partial charge in [-0.3, -0.25) is 0 Å². The normalized spacial score (nSPS) is 12.6. The van der Waals surface area contributed by atoms with E-state index in [-0.39, 0.29) is 12.4 Å². The van der Waals surface area contributed by atoms with Crippen molar-refractivity contribution in [2.75, 3.05) is 0 Å². The number of thiophene rings is 1. The molecule has 1 aromatic heterocycles. The first kappa shape index (κ1) is 16.3. The molecule has 0 aliphatic rings. The topological polar surface area (TPSA) is 0 Å². The molecular formula is C14H17ClF3S+. The summed E-state index contributed by atoms with van der Waals surface area (Å²) >= 11 is 0. The Balaban J connectivity index is 0.00000180. The van der Waals surface area contributed by atoms with Crippen molar-refractivity contribution in [1.29, 1.82) is 0 Å². The Bertz CT molecular complexity index is 558. The number of fused-ring (bicyclic) bond motifs is 1. The average Bonchev–Trinajstić information content (AvgIpc) is 2.66. The first-order valence-electron chi connectivity index (χ1n) is 6.06. The second-order valence-corrected chi connectivity index (χ2v) is 6.49. The van der Waals surface area contributed by atoms with Crippen molar-refractivity contribution in [2.24, 2.45) is 0 Å². The van der Waals surface area contributed by atoms with Crippen molar-refractivity contribution >= 4 is 33.0 Å². The summed E-state index contributed by atoms with van der Waals surface area (Å²) in [5.41, 5.74) is -3.22. The maximum atomic E-state index is 13.2. The molecule has 5 heteroatoms. The van der Waals surface area contributed by atoms with Crippen molar-refractivity contribution in [3.8, 4) is 0 Å². The number of hydrogen-bond acceptors (Lipinski definition) is 0. The van der Waals surface area contributed by atoms with Gasteiger partial charge in [0, 0.05) is 17.9 Å². The fraction of sp³-hybridized carbons (Fsp3) is 0.429. The lowest BCUT2D eigenvalue weighted by molar-refractivity contribution is -0.0867. The van der Waals surface area contributed by atoms with Gasteiger partial charge in [0.2, 0.25) is 0 Å². The molecule has 0 spiro atoms. The molecule has 0 saturated heterocycles. The zero-order valence-corrected chi connectivity index (χ0v) is 12.5. The molecule has 0 amide bonds. The van der Waals surface area contributed by atoms with Crippen molar-refractivity contribution in [2.45, 2.75) is 38.6 Å². The quantitative estimate of drug-likeness (QED) is 0.597. The average molecular weight is 310 g/mol. The Hall–Kier alpha value is -0.740. The number of halogens is 4. The molecule has 0 aliphatic heterocycles.